The van der Waals surface area contributed by atoms with E-state index in [1.54, 1.807) is 13.3 Å². The lowest BCUT2D eigenvalue weighted by Crippen LogP contribution is -2.66. The van der Waals surface area contributed by atoms with Crippen LogP contribution in [0.15, 0.2) is 12.3 Å². The number of hydrogen-bond donors (Lipinski definition) is 2. The quantitative estimate of drug-likeness (QED) is 0.814. The van der Waals surface area contributed by atoms with Gasteiger partial charge >= 0.3 is 0 Å². The summed E-state index contributed by atoms with van der Waals surface area (Å²) in [5, 5.41) is 10.5. The maximum Gasteiger partial charge on any atom is 0.0677 e. The van der Waals surface area contributed by atoms with Crippen molar-refractivity contribution in [1.29, 1.82) is 0 Å². The van der Waals surface area contributed by atoms with Crippen molar-refractivity contribution in [3.8, 4) is 0 Å². The predicted octanol–water partition coefficient (Wildman–Crippen LogP) is 1.56. The molecule has 0 bridgehead atoms. The van der Waals surface area contributed by atoms with Crippen LogP contribution in [0, 0.1) is 11.3 Å². The molecule has 0 spiro atoms. The first-order valence-corrected chi connectivity index (χ1v) is 5.81. The van der Waals surface area contributed by atoms with E-state index in [0.717, 1.165) is 12.2 Å². The Morgan fingerprint density at radius 2 is 2.31 bits per heavy atom. The van der Waals surface area contributed by atoms with Gasteiger partial charge in [0.1, 0.15) is 0 Å². The van der Waals surface area contributed by atoms with E-state index in [4.69, 9.17) is 4.74 Å². The Morgan fingerprint density at radius 3 is 2.81 bits per heavy atom. The second-order valence-electron chi connectivity index (χ2n) is 5.28. The lowest BCUT2D eigenvalue weighted by Gasteiger charge is -2.56. The van der Waals surface area contributed by atoms with Crippen LogP contribution in [0.5, 0.6) is 0 Å². The first kappa shape index (κ1) is 11.6. The molecule has 1 aliphatic carbocycles. The average Bonchev–Trinajstić information content (AvgIpc) is 2.70. The van der Waals surface area contributed by atoms with Gasteiger partial charge in [0.15, 0.2) is 0 Å². The van der Waals surface area contributed by atoms with E-state index in [9.17, 15) is 0 Å². The maximum absolute atomic E-state index is 5.52. The van der Waals surface area contributed by atoms with E-state index in [1.807, 2.05) is 6.07 Å². The summed E-state index contributed by atoms with van der Waals surface area (Å²) in [6, 6.07) is 2.50. The largest absolute Gasteiger partial charge is 0.380 e. The third-order valence-electron chi connectivity index (χ3n) is 3.86. The van der Waals surface area contributed by atoms with Gasteiger partial charge in [-0.1, -0.05) is 20.8 Å². The molecule has 4 heteroatoms. The van der Waals surface area contributed by atoms with Crippen LogP contribution in [0.2, 0.25) is 0 Å². The molecule has 0 saturated heterocycles. The molecule has 0 aromatic carbocycles. The van der Waals surface area contributed by atoms with Gasteiger partial charge in [-0.2, -0.15) is 5.10 Å². The van der Waals surface area contributed by atoms with Gasteiger partial charge in [-0.25, -0.2) is 0 Å². The highest BCUT2D eigenvalue weighted by atomic mass is 16.5. The minimum atomic E-state index is 0.203. The number of aromatic nitrogens is 2. The van der Waals surface area contributed by atoms with Crippen LogP contribution in [0.25, 0.3) is 0 Å². The van der Waals surface area contributed by atoms with Gasteiger partial charge in [-0.05, 0) is 12.0 Å². The zero-order chi connectivity index (χ0) is 11.8. The van der Waals surface area contributed by atoms with Gasteiger partial charge in [0.2, 0.25) is 0 Å². The molecule has 90 valence electrons. The lowest BCUT2D eigenvalue weighted by molar-refractivity contribution is -0.145. The monoisotopic (exact) mass is 223 g/mol. The second kappa shape index (κ2) is 4.18. The van der Waals surface area contributed by atoms with Crippen LogP contribution in [0.4, 0.5) is 0 Å². The molecule has 1 saturated carbocycles. The smallest absolute Gasteiger partial charge is 0.0677 e. The first-order valence-electron chi connectivity index (χ1n) is 5.81. The Balaban J connectivity index is 1.91. The summed E-state index contributed by atoms with van der Waals surface area (Å²) in [5.41, 5.74) is 1.33. The van der Waals surface area contributed by atoms with E-state index in [-0.39, 0.29) is 5.41 Å². The Hall–Kier alpha value is -0.870. The molecule has 3 unspecified atom stereocenters. The molecule has 0 amide bonds. The number of H-pyrrole nitrogens is 1. The summed E-state index contributed by atoms with van der Waals surface area (Å²) in [6.07, 6.45) is 2.14. The number of aromatic amines is 1. The van der Waals surface area contributed by atoms with Crippen molar-refractivity contribution in [2.24, 2.45) is 11.3 Å². The Kier molecular flexibility index (Phi) is 3.04. The van der Waals surface area contributed by atoms with Crippen molar-refractivity contribution >= 4 is 0 Å². The molecule has 2 rings (SSSR count). The van der Waals surface area contributed by atoms with Crippen LogP contribution >= 0.6 is 0 Å². The van der Waals surface area contributed by atoms with E-state index in [0.29, 0.717) is 18.1 Å². The van der Waals surface area contributed by atoms with Crippen molar-refractivity contribution in [2.45, 2.75) is 39.5 Å². The summed E-state index contributed by atoms with van der Waals surface area (Å²) < 4.78 is 5.52. The molecule has 1 aromatic rings. The van der Waals surface area contributed by atoms with Gasteiger partial charge in [-0.3, -0.25) is 5.10 Å². The number of nitrogens with zero attached hydrogens (tertiary/aromatic N) is 1. The number of nitrogens with one attached hydrogen (secondary N) is 2. The second-order valence-corrected chi connectivity index (χ2v) is 5.28. The Bertz CT molecular complexity index is 334. The number of methoxy groups -OCH3 is 1. The molecule has 1 fully saturated rings. The summed E-state index contributed by atoms with van der Waals surface area (Å²) >= 11 is 0. The summed E-state index contributed by atoms with van der Waals surface area (Å²) in [5.74, 6) is 0.558. The van der Waals surface area contributed by atoms with E-state index < -0.39 is 0 Å². The van der Waals surface area contributed by atoms with Crippen LogP contribution in [-0.2, 0) is 11.3 Å². The lowest BCUT2D eigenvalue weighted by atomic mass is 9.58. The van der Waals surface area contributed by atoms with E-state index in [1.165, 1.54) is 0 Å². The van der Waals surface area contributed by atoms with Crippen LogP contribution in [-0.4, -0.2) is 29.5 Å². The van der Waals surface area contributed by atoms with Gasteiger partial charge in [0.25, 0.3) is 0 Å². The predicted molar refractivity (Wildman–Crippen MR) is 63.0 cm³/mol. The molecule has 1 aromatic heterocycles. The highest BCUT2D eigenvalue weighted by Gasteiger charge is 2.54. The van der Waals surface area contributed by atoms with Crippen LogP contribution in [0.1, 0.15) is 26.5 Å². The normalized spacial score (nSPS) is 32.4. The minimum absolute atomic E-state index is 0.203. The fourth-order valence-corrected chi connectivity index (χ4v) is 3.16. The molecular formula is C12H21N3O. The minimum Gasteiger partial charge on any atom is -0.380 e. The average molecular weight is 223 g/mol. The van der Waals surface area contributed by atoms with E-state index in [2.05, 4.69) is 36.3 Å². The van der Waals surface area contributed by atoms with Gasteiger partial charge in [0, 0.05) is 37.0 Å². The fourth-order valence-electron chi connectivity index (χ4n) is 3.16. The van der Waals surface area contributed by atoms with Crippen molar-refractivity contribution in [3.05, 3.63) is 18.0 Å². The van der Waals surface area contributed by atoms with Crippen LogP contribution in [0.3, 0.4) is 0 Å². The Labute approximate surface area is 96.8 Å². The molecule has 2 N–H and O–H groups in total. The summed E-state index contributed by atoms with van der Waals surface area (Å²) in [6.45, 7) is 7.59. The third-order valence-corrected chi connectivity index (χ3v) is 3.86. The molecule has 0 radical (unpaired) electrons. The van der Waals surface area contributed by atoms with Crippen LogP contribution < -0.4 is 5.32 Å². The molecule has 3 atom stereocenters. The van der Waals surface area contributed by atoms with Crippen molar-refractivity contribution in [2.75, 3.05) is 7.11 Å². The molecule has 16 heavy (non-hydrogen) atoms. The van der Waals surface area contributed by atoms with Crippen molar-refractivity contribution < 1.29 is 4.74 Å². The summed E-state index contributed by atoms with van der Waals surface area (Å²) in [4.78, 5) is 0. The number of rotatable bonds is 4. The highest BCUT2D eigenvalue weighted by Crippen LogP contribution is 2.46. The van der Waals surface area contributed by atoms with Gasteiger partial charge in [0.05, 0.1) is 6.10 Å². The SMILES string of the molecule is COC1C(C)C(NCc2ccn[nH]2)C1(C)C. The highest BCUT2D eigenvalue weighted by molar-refractivity contribution is 5.08. The standard InChI is InChI=1S/C12H21N3O/c1-8-10(12(2,3)11(8)16-4)13-7-9-5-6-14-15-9/h5-6,8,10-11,13H,7H2,1-4H3,(H,14,15). The Morgan fingerprint density at radius 1 is 1.56 bits per heavy atom. The fraction of sp³-hybridized carbons (Fsp3) is 0.750. The maximum atomic E-state index is 5.52. The zero-order valence-electron chi connectivity index (χ0n) is 10.4. The molecule has 1 heterocycles. The molecule has 4 nitrogen and oxygen atoms in total. The van der Waals surface area contributed by atoms with E-state index >= 15 is 0 Å². The third kappa shape index (κ3) is 1.76. The first-order chi connectivity index (χ1) is 7.57. The number of ether oxygens (including phenoxy) is 1. The van der Waals surface area contributed by atoms with Gasteiger partial charge in [-0.15, -0.1) is 0 Å². The number of hydrogen-bond acceptors (Lipinski definition) is 3. The molecular weight excluding hydrogens is 202 g/mol. The van der Waals surface area contributed by atoms with Crippen molar-refractivity contribution in [3.63, 3.8) is 0 Å². The molecule has 1 aliphatic rings. The topological polar surface area (TPSA) is 49.9 Å². The zero-order valence-corrected chi connectivity index (χ0v) is 10.4. The molecule has 0 aliphatic heterocycles. The summed E-state index contributed by atoms with van der Waals surface area (Å²) in [7, 11) is 1.80. The van der Waals surface area contributed by atoms with Gasteiger partial charge < -0.3 is 10.1 Å². The van der Waals surface area contributed by atoms with Crippen molar-refractivity contribution in [1.82, 2.24) is 15.5 Å².